The maximum atomic E-state index is 11.9. The van der Waals surface area contributed by atoms with Gasteiger partial charge in [0.15, 0.2) is 5.78 Å². The molecule has 0 fully saturated rings. The van der Waals surface area contributed by atoms with E-state index in [1.54, 1.807) is 36.4 Å². The van der Waals surface area contributed by atoms with Crippen molar-refractivity contribution in [2.24, 2.45) is 0 Å². The van der Waals surface area contributed by atoms with E-state index in [0.717, 1.165) is 0 Å². The number of hydrogen-bond acceptors (Lipinski definition) is 3. The molecule has 0 aliphatic carbocycles. The van der Waals surface area contributed by atoms with Gasteiger partial charge in [-0.1, -0.05) is 23.7 Å². The molecule has 88 valence electrons. The molecule has 5 heteroatoms. The average Bonchev–Trinajstić information content (AvgIpc) is 2.82. The first-order valence-corrected chi connectivity index (χ1v) is 7.45. The predicted molar refractivity (Wildman–Crippen MR) is 71.4 cm³/mol. The lowest BCUT2D eigenvalue weighted by atomic mass is 10.3. The van der Waals surface area contributed by atoms with Gasteiger partial charge in [0, 0.05) is 9.92 Å². The van der Waals surface area contributed by atoms with Gasteiger partial charge in [-0.05, 0) is 29.6 Å². The summed E-state index contributed by atoms with van der Waals surface area (Å²) in [5.41, 5.74) is 0. The van der Waals surface area contributed by atoms with Gasteiger partial charge >= 0.3 is 0 Å². The third kappa shape index (κ3) is 3.25. The Kier molecular flexibility index (Phi) is 4.10. The van der Waals surface area contributed by atoms with Crippen molar-refractivity contribution in [3.63, 3.8) is 0 Å². The Labute approximate surface area is 111 Å². The molecule has 1 atom stereocenters. The van der Waals surface area contributed by atoms with Crippen molar-refractivity contribution in [2.75, 3.05) is 5.75 Å². The van der Waals surface area contributed by atoms with Gasteiger partial charge in [-0.25, -0.2) is 0 Å². The average molecular weight is 285 g/mol. The van der Waals surface area contributed by atoms with Crippen LogP contribution in [0.25, 0.3) is 0 Å². The van der Waals surface area contributed by atoms with Gasteiger partial charge < -0.3 is 0 Å². The largest absolute Gasteiger partial charge is 0.292 e. The molecule has 1 heterocycles. The molecular weight excluding hydrogens is 276 g/mol. The number of hydrogen-bond donors (Lipinski definition) is 0. The topological polar surface area (TPSA) is 34.1 Å². The van der Waals surface area contributed by atoms with E-state index in [2.05, 4.69) is 0 Å². The summed E-state index contributed by atoms with van der Waals surface area (Å²) in [6, 6.07) is 10.3. The number of ketones is 1. The fourth-order valence-electron chi connectivity index (χ4n) is 1.32. The van der Waals surface area contributed by atoms with Crippen molar-refractivity contribution in [3.8, 4) is 0 Å². The summed E-state index contributed by atoms with van der Waals surface area (Å²) in [6.07, 6.45) is 0. The highest BCUT2D eigenvalue weighted by Crippen LogP contribution is 2.16. The minimum absolute atomic E-state index is 0.000849. The van der Waals surface area contributed by atoms with Crippen LogP contribution in [0.1, 0.15) is 9.67 Å². The van der Waals surface area contributed by atoms with Gasteiger partial charge in [-0.15, -0.1) is 11.3 Å². The zero-order valence-electron chi connectivity index (χ0n) is 8.76. The minimum Gasteiger partial charge on any atom is -0.292 e. The van der Waals surface area contributed by atoms with E-state index in [9.17, 15) is 9.00 Å². The molecule has 2 aromatic rings. The van der Waals surface area contributed by atoms with Crippen molar-refractivity contribution in [1.29, 1.82) is 0 Å². The number of benzene rings is 1. The van der Waals surface area contributed by atoms with Crippen LogP contribution >= 0.6 is 22.9 Å². The molecule has 2 rings (SSSR count). The quantitative estimate of drug-likeness (QED) is 0.807. The summed E-state index contributed by atoms with van der Waals surface area (Å²) in [7, 11) is -1.34. The van der Waals surface area contributed by atoms with Crippen molar-refractivity contribution >= 4 is 39.5 Å². The first-order valence-electron chi connectivity index (χ1n) is 4.87. The second-order valence-electron chi connectivity index (χ2n) is 3.35. The highest BCUT2D eigenvalue weighted by molar-refractivity contribution is 7.85. The molecule has 0 saturated carbocycles. The van der Waals surface area contributed by atoms with Crippen LogP contribution in [0.5, 0.6) is 0 Å². The first-order chi connectivity index (χ1) is 8.16. The number of thiophene rings is 1. The number of carbonyl (C=O) groups is 1. The van der Waals surface area contributed by atoms with E-state index >= 15 is 0 Å². The van der Waals surface area contributed by atoms with Crippen molar-refractivity contribution in [3.05, 3.63) is 51.7 Å². The summed E-state index contributed by atoms with van der Waals surface area (Å²) in [6.45, 7) is 0. The number of halogens is 1. The summed E-state index contributed by atoms with van der Waals surface area (Å²) < 4.78 is 11.9. The maximum absolute atomic E-state index is 11.9. The van der Waals surface area contributed by atoms with E-state index in [4.69, 9.17) is 11.6 Å². The Hall–Kier alpha value is -0.970. The first kappa shape index (κ1) is 12.5. The molecule has 0 aliphatic rings. The van der Waals surface area contributed by atoms with E-state index in [1.165, 1.54) is 11.3 Å². The molecule has 0 N–H and O–H groups in total. The summed E-state index contributed by atoms with van der Waals surface area (Å²) in [4.78, 5) is 13.0. The van der Waals surface area contributed by atoms with Crippen LogP contribution in [-0.2, 0) is 10.8 Å². The molecule has 0 saturated heterocycles. The van der Waals surface area contributed by atoms with Gasteiger partial charge in [-0.2, -0.15) is 0 Å². The van der Waals surface area contributed by atoms with E-state index in [0.29, 0.717) is 14.8 Å². The van der Waals surface area contributed by atoms with Gasteiger partial charge in [0.25, 0.3) is 0 Å². The Balaban J connectivity index is 2.10. The Morgan fingerprint density at radius 3 is 2.76 bits per heavy atom. The molecule has 1 aromatic carbocycles. The molecule has 0 spiro atoms. The third-order valence-electron chi connectivity index (χ3n) is 2.12. The third-order valence-corrected chi connectivity index (χ3v) is 4.57. The molecular formula is C12H9ClO2S2. The van der Waals surface area contributed by atoms with Crippen molar-refractivity contribution in [1.82, 2.24) is 0 Å². The van der Waals surface area contributed by atoms with Crippen LogP contribution in [0.3, 0.4) is 0 Å². The lowest BCUT2D eigenvalue weighted by molar-refractivity contribution is 0.102. The second-order valence-corrected chi connectivity index (χ2v) is 6.18. The summed E-state index contributed by atoms with van der Waals surface area (Å²) in [5.74, 6) is -0.0979. The van der Waals surface area contributed by atoms with Crippen molar-refractivity contribution < 1.29 is 9.00 Å². The van der Waals surface area contributed by atoms with Crippen LogP contribution in [-0.4, -0.2) is 15.7 Å². The number of rotatable bonds is 4. The van der Waals surface area contributed by atoms with Gasteiger partial charge in [0.1, 0.15) is 0 Å². The van der Waals surface area contributed by atoms with E-state index in [1.807, 2.05) is 5.38 Å². The SMILES string of the molecule is O=C(CS(=O)c1cccc(Cl)c1)c1cccs1. The highest BCUT2D eigenvalue weighted by atomic mass is 35.5. The molecule has 0 amide bonds. The Morgan fingerprint density at radius 1 is 1.29 bits per heavy atom. The fraction of sp³-hybridized carbons (Fsp3) is 0.0833. The number of Topliss-reactive ketones (excluding diaryl/α,β-unsaturated/α-hetero) is 1. The zero-order valence-corrected chi connectivity index (χ0v) is 11.1. The Bertz CT molecular complexity index is 549. The van der Waals surface area contributed by atoms with Crippen LogP contribution in [0.15, 0.2) is 46.7 Å². The lowest BCUT2D eigenvalue weighted by Crippen LogP contribution is -2.09. The molecule has 0 aliphatic heterocycles. The van der Waals surface area contributed by atoms with Crippen LogP contribution in [0.4, 0.5) is 0 Å². The van der Waals surface area contributed by atoms with Crippen LogP contribution < -0.4 is 0 Å². The summed E-state index contributed by atoms with van der Waals surface area (Å²) >= 11 is 7.17. The molecule has 0 bridgehead atoms. The van der Waals surface area contributed by atoms with E-state index < -0.39 is 10.8 Å². The lowest BCUT2D eigenvalue weighted by Gasteiger charge is -2.01. The normalized spacial score (nSPS) is 12.3. The Morgan fingerprint density at radius 2 is 2.12 bits per heavy atom. The van der Waals surface area contributed by atoms with Crippen molar-refractivity contribution in [2.45, 2.75) is 4.90 Å². The minimum atomic E-state index is -1.34. The van der Waals surface area contributed by atoms with Crippen LogP contribution in [0.2, 0.25) is 5.02 Å². The predicted octanol–water partition coefficient (Wildman–Crippen LogP) is 3.39. The van der Waals surface area contributed by atoms with Crippen LogP contribution in [0, 0.1) is 0 Å². The standard InChI is InChI=1S/C12H9ClO2S2/c13-9-3-1-4-10(7-9)17(15)8-11(14)12-5-2-6-16-12/h1-7H,8H2. The molecule has 0 radical (unpaired) electrons. The molecule has 17 heavy (non-hydrogen) atoms. The molecule has 1 unspecified atom stereocenters. The monoisotopic (exact) mass is 284 g/mol. The molecule has 2 nitrogen and oxygen atoms in total. The highest BCUT2D eigenvalue weighted by Gasteiger charge is 2.13. The van der Waals surface area contributed by atoms with Gasteiger partial charge in [0.2, 0.25) is 0 Å². The summed E-state index contributed by atoms with van der Waals surface area (Å²) in [5, 5.41) is 2.36. The van der Waals surface area contributed by atoms with Gasteiger partial charge in [-0.3, -0.25) is 9.00 Å². The zero-order chi connectivity index (χ0) is 12.3. The second kappa shape index (κ2) is 5.58. The molecule has 1 aromatic heterocycles. The number of carbonyl (C=O) groups excluding carboxylic acids is 1. The van der Waals surface area contributed by atoms with Gasteiger partial charge in [0.05, 0.1) is 21.4 Å². The maximum Gasteiger partial charge on any atom is 0.185 e. The van der Waals surface area contributed by atoms with E-state index in [-0.39, 0.29) is 11.5 Å². The smallest absolute Gasteiger partial charge is 0.185 e. The fourth-order valence-corrected chi connectivity index (χ4v) is 3.38.